The molecule has 1 saturated heterocycles. The minimum absolute atomic E-state index is 0.0703. The van der Waals surface area contributed by atoms with Crippen LogP contribution >= 0.6 is 0 Å². The van der Waals surface area contributed by atoms with Crippen LogP contribution < -0.4 is 10.6 Å². The number of hydrogen-bond donors (Lipinski definition) is 2. The second-order valence-corrected chi connectivity index (χ2v) is 9.82. The lowest BCUT2D eigenvalue weighted by atomic mass is 10.1. The van der Waals surface area contributed by atoms with E-state index < -0.39 is 10.0 Å². The molecule has 8 nitrogen and oxygen atoms in total. The number of carbonyl (C=O) groups excluding carboxylic acids is 2. The van der Waals surface area contributed by atoms with E-state index in [0.29, 0.717) is 31.7 Å². The first-order valence-electron chi connectivity index (χ1n) is 10.7. The van der Waals surface area contributed by atoms with E-state index in [2.05, 4.69) is 10.6 Å². The average molecular weight is 459 g/mol. The minimum atomic E-state index is -3.73. The largest absolute Gasteiger partial charge is 0.354 e. The second kappa shape index (κ2) is 10.6. The Labute approximate surface area is 189 Å². The van der Waals surface area contributed by atoms with Crippen LogP contribution in [0.2, 0.25) is 0 Å². The van der Waals surface area contributed by atoms with Crippen molar-refractivity contribution >= 4 is 27.6 Å². The van der Waals surface area contributed by atoms with Crippen molar-refractivity contribution in [1.29, 1.82) is 0 Å². The normalized spacial score (nSPS) is 16.7. The van der Waals surface area contributed by atoms with Gasteiger partial charge in [-0.25, -0.2) is 13.2 Å². The summed E-state index contributed by atoms with van der Waals surface area (Å²) in [6.07, 6.45) is 0.529. The van der Waals surface area contributed by atoms with Gasteiger partial charge < -0.3 is 15.5 Å². The molecule has 2 N–H and O–H groups in total. The standard InChI is InChI=1S/C23H30N4O4S/c1-18-9-10-20(17-19(18)2)25-23(29)26-13-6-14-27(15-11-22(28)24-12-16-26)32(30,31)21-7-4-3-5-8-21/h3-5,7-10,17H,6,11-16H2,1-2H3,(H,24,28)(H,25,29). The fourth-order valence-corrected chi connectivity index (χ4v) is 5.01. The van der Waals surface area contributed by atoms with E-state index in [0.717, 1.165) is 11.1 Å². The molecule has 1 fully saturated rings. The van der Waals surface area contributed by atoms with Crippen LogP contribution in [0.5, 0.6) is 0 Å². The Morgan fingerprint density at radius 3 is 2.44 bits per heavy atom. The fraction of sp³-hybridized carbons (Fsp3) is 0.391. The zero-order valence-electron chi connectivity index (χ0n) is 18.5. The van der Waals surface area contributed by atoms with Gasteiger partial charge in [0.1, 0.15) is 0 Å². The molecule has 0 aromatic heterocycles. The van der Waals surface area contributed by atoms with Crippen LogP contribution in [0.15, 0.2) is 53.4 Å². The third-order valence-electron chi connectivity index (χ3n) is 5.55. The molecule has 3 rings (SSSR count). The molecule has 32 heavy (non-hydrogen) atoms. The Hall–Kier alpha value is -2.91. The van der Waals surface area contributed by atoms with Crippen molar-refractivity contribution in [3.8, 4) is 0 Å². The molecule has 9 heteroatoms. The molecule has 0 radical (unpaired) electrons. The molecule has 0 aliphatic carbocycles. The maximum Gasteiger partial charge on any atom is 0.321 e. The Morgan fingerprint density at radius 1 is 0.969 bits per heavy atom. The van der Waals surface area contributed by atoms with Crippen molar-refractivity contribution in [3.63, 3.8) is 0 Å². The maximum absolute atomic E-state index is 13.1. The predicted molar refractivity (Wildman–Crippen MR) is 124 cm³/mol. The summed E-state index contributed by atoms with van der Waals surface area (Å²) < 4.78 is 27.4. The number of hydrogen-bond acceptors (Lipinski definition) is 4. The van der Waals surface area contributed by atoms with Gasteiger partial charge in [0.15, 0.2) is 0 Å². The molecule has 0 unspecified atom stereocenters. The molecule has 0 saturated carbocycles. The minimum Gasteiger partial charge on any atom is -0.354 e. The highest BCUT2D eigenvalue weighted by Gasteiger charge is 2.26. The number of carbonyl (C=O) groups is 2. The van der Waals surface area contributed by atoms with Gasteiger partial charge in [0, 0.05) is 44.8 Å². The lowest BCUT2D eigenvalue weighted by Crippen LogP contribution is -2.41. The number of nitrogens with zero attached hydrogens (tertiary/aromatic N) is 2. The van der Waals surface area contributed by atoms with Crippen LogP contribution in [0.25, 0.3) is 0 Å². The van der Waals surface area contributed by atoms with E-state index >= 15 is 0 Å². The molecule has 0 spiro atoms. The summed E-state index contributed by atoms with van der Waals surface area (Å²) in [5.74, 6) is -0.241. The summed E-state index contributed by atoms with van der Waals surface area (Å²) in [4.78, 5) is 26.9. The number of sulfonamides is 1. The monoisotopic (exact) mass is 458 g/mol. The molecule has 0 atom stereocenters. The van der Waals surface area contributed by atoms with Crippen LogP contribution in [0.4, 0.5) is 10.5 Å². The molecule has 172 valence electrons. The van der Waals surface area contributed by atoms with E-state index in [9.17, 15) is 18.0 Å². The van der Waals surface area contributed by atoms with Crippen molar-refractivity contribution in [1.82, 2.24) is 14.5 Å². The van der Waals surface area contributed by atoms with E-state index in [4.69, 9.17) is 0 Å². The summed E-state index contributed by atoms with van der Waals surface area (Å²) in [5, 5.41) is 5.68. The number of benzene rings is 2. The Bertz CT molecular complexity index is 1060. The first kappa shape index (κ1) is 23.7. The smallest absolute Gasteiger partial charge is 0.321 e. The zero-order valence-corrected chi connectivity index (χ0v) is 19.3. The number of urea groups is 1. The van der Waals surface area contributed by atoms with E-state index in [-0.39, 0.29) is 36.3 Å². The topological polar surface area (TPSA) is 98.8 Å². The van der Waals surface area contributed by atoms with Gasteiger partial charge in [0.2, 0.25) is 15.9 Å². The van der Waals surface area contributed by atoms with Crippen molar-refractivity contribution in [3.05, 3.63) is 59.7 Å². The third kappa shape index (κ3) is 6.08. The number of aryl methyl sites for hydroxylation is 2. The second-order valence-electron chi connectivity index (χ2n) is 7.89. The lowest BCUT2D eigenvalue weighted by Gasteiger charge is -2.25. The van der Waals surface area contributed by atoms with Gasteiger partial charge in [-0.3, -0.25) is 4.79 Å². The predicted octanol–water partition coefficient (Wildman–Crippen LogP) is 2.74. The highest BCUT2D eigenvalue weighted by molar-refractivity contribution is 7.89. The Balaban J connectivity index is 1.72. The molecule has 1 aliphatic heterocycles. The summed E-state index contributed by atoms with van der Waals surface area (Å²) in [5.41, 5.74) is 2.92. The van der Waals surface area contributed by atoms with Crippen molar-refractivity contribution in [2.24, 2.45) is 0 Å². The lowest BCUT2D eigenvalue weighted by molar-refractivity contribution is -0.121. The Kier molecular flexibility index (Phi) is 7.87. The summed E-state index contributed by atoms with van der Waals surface area (Å²) in [6, 6.07) is 13.6. The number of nitrogens with one attached hydrogen (secondary N) is 2. The van der Waals surface area contributed by atoms with Gasteiger partial charge in [-0.1, -0.05) is 24.3 Å². The molecule has 2 aromatic rings. The van der Waals surface area contributed by atoms with Gasteiger partial charge >= 0.3 is 6.03 Å². The summed E-state index contributed by atoms with van der Waals surface area (Å²) in [7, 11) is -3.73. The van der Waals surface area contributed by atoms with Gasteiger partial charge in [-0.15, -0.1) is 0 Å². The Morgan fingerprint density at radius 2 is 1.72 bits per heavy atom. The molecule has 1 heterocycles. The molecule has 1 aliphatic rings. The van der Waals surface area contributed by atoms with Gasteiger partial charge in [0.25, 0.3) is 0 Å². The molecular formula is C23H30N4O4S. The van der Waals surface area contributed by atoms with Crippen molar-refractivity contribution in [2.75, 3.05) is 38.0 Å². The van der Waals surface area contributed by atoms with E-state index in [1.54, 1.807) is 35.2 Å². The van der Waals surface area contributed by atoms with Crippen LogP contribution in [-0.2, 0) is 14.8 Å². The van der Waals surface area contributed by atoms with Crippen molar-refractivity contribution < 1.29 is 18.0 Å². The molecule has 3 amide bonds. The van der Waals surface area contributed by atoms with E-state index in [1.165, 1.54) is 4.31 Å². The van der Waals surface area contributed by atoms with Crippen LogP contribution in [0.1, 0.15) is 24.0 Å². The summed E-state index contributed by atoms with van der Waals surface area (Å²) >= 11 is 0. The number of amides is 3. The quantitative estimate of drug-likeness (QED) is 0.739. The van der Waals surface area contributed by atoms with Gasteiger partial charge in [-0.2, -0.15) is 4.31 Å². The van der Waals surface area contributed by atoms with Gasteiger partial charge in [0.05, 0.1) is 4.90 Å². The fourth-order valence-electron chi connectivity index (χ4n) is 3.51. The molecular weight excluding hydrogens is 428 g/mol. The summed E-state index contributed by atoms with van der Waals surface area (Å²) in [6.45, 7) is 5.32. The van der Waals surface area contributed by atoms with Crippen LogP contribution in [-0.4, -0.2) is 62.3 Å². The number of rotatable bonds is 3. The van der Waals surface area contributed by atoms with E-state index in [1.807, 2.05) is 32.0 Å². The van der Waals surface area contributed by atoms with Gasteiger partial charge in [-0.05, 0) is 55.7 Å². The highest BCUT2D eigenvalue weighted by atomic mass is 32.2. The highest BCUT2D eigenvalue weighted by Crippen LogP contribution is 2.17. The zero-order chi connectivity index (χ0) is 23.1. The molecule has 0 bridgehead atoms. The average Bonchev–Trinajstić information content (AvgIpc) is 2.81. The first-order chi connectivity index (χ1) is 15.3. The third-order valence-corrected chi connectivity index (χ3v) is 7.47. The van der Waals surface area contributed by atoms with Crippen LogP contribution in [0, 0.1) is 13.8 Å². The SMILES string of the molecule is Cc1ccc(NC(=O)N2CCCN(S(=O)(=O)c3ccccc3)CCC(=O)NCC2)cc1C. The maximum atomic E-state index is 13.1. The van der Waals surface area contributed by atoms with Crippen LogP contribution in [0.3, 0.4) is 0 Å². The number of anilines is 1. The molecule has 2 aromatic carbocycles. The van der Waals surface area contributed by atoms with Crippen molar-refractivity contribution in [2.45, 2.75) is 31.6 Å². The first-order valence-corrected chi connectivity index (χ1v) is 12.2.